The smallest absolute Gasteiger partial charge is 0.462 e. The Balaban J connectivity index is 4.16. The predicted octanol–water partition coefficient (Wildman–Crippen LogP) is 8.07. The Labute approximate surface area is 262 Å². The van der Waals surface area contributed by atoms with Crippen LogP contribution in [0.15, 0.2) is 24.3 Å². The van der Waals surface area contributed by atoms with Crippen molar-refractivity contribution in [2.45, 2.75) is 129 Å². The molecule has 0 saturated heterocycles. The first-order chi connectivity index (χ1) is 20.3. The van der Waals surface area contributed by atoms with Gasteiger partial charge < -0.3 is 18.9 Å². The highest BCUT2D eigenvalue weighted by molar-refractivity contribution is 7.47. The monoisotopic (exact) mass is 632 g/mol. The van der Waals surface area contributed by atoms with Gasteiger partial charge in [-0.25, -0.2) is 14.2 Å². The SMILES string of the molecule is C=C(C)C(=O)OC(COP(=O)(O)OCC[N+](C)(C)C)CC(=C)C(=O)OCCCCCCCCCCCCCCCCCC. The largest absolute Gasteiger partial charge is 0.472 e. The molecule has 2 atom stereocenters. The summed E-state index contributed by atoms with van der Waals surface area (Å²) in [7, 11) is 1.38. The Hall–Kier alpha value is -1.51. The second-order valence-electron chi connectivity index (χ2n) is 12.7. The van der Waals surface area contributed by atoms with Crippen LogP contribution in [0.25, 0.3) is 0 Å². The van der Waals surface area contributed by atoms with Crippen LogP contribution in [-0.4, -0.2) is 74.9 Å². The van der Waals surface area contributed by atoms with Crippen molar-refractivity contribution in [2.24, 2.45) is 0 Å². The van der Waals surface area contributed by atoms with E-state index in [1.54, 1.807) is 0 Å². The number of phosphoric ester groups is 1. The number of hydrogen-bond donors (Lipinski definition) is 1. The topological polar surface area (TPSA) is 108 Å². The van der Waals surface area contributed by atoms with Gasteiger partial charge in [-0.2, -0.15) is 0 Å². The lowest BCUT2D eigenvalue weighted by molar-refractivity contribution is -0.870. The molecule has 9 nitrogen and oxygen atoms in total. The molecule has 0 aliphatic carbocycles. The minimum absolute atomic E-state index is 0.00584. The Morgan fingerprint density at radius 1 is 0.744 bits per heavy atom. The molecule has 1 N–H and O–H groups in total. The van der Waals surface area contributed by atoms with Crippen LogP contribution in [0, 0.1) is 0 Å². The molecule has 0 aliphatic heterocycles. The standard InChI is InChI=1S/C33H62NO8P/c1-8-9-10-11-12-13-14-15-16-17-18-19-20-21-22-23-25-39-33(36)30(4)27-31(42-32(35)29(2)3)28-41-43(37,38)40-26-24-34(5,6)7/h31H,2,4,8-28H2,1,3,5-7H3/p+1. The number of unbranched alkanes of at least 4 members (excludes halogenated alkanes) is 15. The molecule has 0 aliphatic rings. The number of hydrogen-bond acceptors (Lipinski definition) is 7. The average Bonchev–Trinajstić information content (AvgIpc) is 2.92. The third kappa shape index (κ3) is 26.6. The molecule has 0 heterocycles. The summed E-state index contributed by atoms with van der Waals surface area (Å²) in [4.78, 5) is 34.5. The molecule has 0 aromatic rings. The summed E-state index contributed by atoms with van der Waals surface area (Å²) in [6.07, 6.45) is 19.1. The minimum Gasteiger partial charge on any atom is -0.462 e. The van der Waals surface area contributed by atoms with Crippen molar-refractivity contribution < 1.29 is 42.1 Å². The third-order valence-electron chi connectivity index (χ3n) is 7.06. The highest BCUT2D eigenvalue weighted by Crippen LogP contribution is 2.43. The first-order valence-corrected chi connectivity index (χ1v) is 17.9. The summed E-state index contributed by atoms with van der Waals surface area (Å²) in [5.74, 6) is -1.30. The van der Waals surface area contributed by atoms with Gasteiger partial charge in [0.1, 0.15) is 19.3 Å². The van der Waals surface area contributed by atoms with Crippen LogP contribution in [0.1, 0.15) is 123 Å². The molecule has 0 fully saturated rings. The lowest BCUT2D eigenvalue weighted by atomic mass is 10.0. The molecule has 0 amide bonds. The number of quaternary nitrogens is 1. The van der Waals surface area contributed by atoms with Gasteiger partial charge in [-0.3, -0.25) is 9.05 Å². The number of nitrogens with zero attached hydrogens (tertiary/aromatic N) is 1. The Morgan fingerprint density at radius 3 is 1.65 bits per heavy atom. The molecule has 10 heteroatoms. The molecule has 0 aromatic heterocycles. The van der Waals surface area contributed by atoms with Crippen LogP contribution >= 0.6 is 7.82 Å². The highest BCUT2D eigenvalue weighted by Gasteiger charge is 2.27. The van der Waals surface area contributed by atoms with Gasteiger partial charge in [0.2, 0.25) is 0 Å². The molecule has 0 spiro atoms. The van der Waals surface area contributed by atoms with Crippen molar-refractivity contribution in [3.63, 3.8) is 0 Å². The summed E-state index contributed by atoms with van der Waals surface area (Å²) in [5, 5.41) is 0. The van der Waals surface area contributed by atoms with Crippen molar-refractivity contribution in [3.8, 4) is 0 Å². The van der Waals surface area contributed by atoms with E-state index in [0.29, 0.717) is 11.0 Å². The average molecular weight is 633 g/mol. The molecule has 0 bridgehead atoms. The number of phosphoric acid groups is 1. The van der Waals surface area contributed by atoms with Crippen LogP contribution < -0.4 is 0 Å². The van der Waals surface area contributed by atoms with Gasteiger partial charge in [-0.15, -0.1) is 0 Å². The fraction of sp³-hybridized carbons (Fsp3) is 0.818. The van der Waals surface area contributed by atoms with Crippen molar-refractivity contribution in [1.82, 2.24) is 0 Å². The molecule has 252 valence electrons. The summed E-state index contributed by atoms with van der Waals surface area (Å²) in [6, 6.07) is 0. The van der Waals surface area contributed by atoms with E-state index in [2.05, 4.69) is 20.1 Å². The maximum atomic E-state index is 12.4. The molecule has 0 aromatic carbocycles. The summed E-state index contributed by atoms with van der Waals surface area (Å²) in [6.45, 7) is 11.4. The summed E-state index contributed by atoms with van der Waals surface area (Å²) in [5.41, 5.74) is 0.228. The Morgan fingerprint density at radius 2 is 1.21 bits per heavy atom. The Kier molecular flexibility index (Phi) is 23.9. The molecule has 2 unspecified atom stereocenters. The maximum absolute atomic E-state index is 12.4. The maximum Gasteiger partial charge on any atom is 0.472 e. The first-order valence-electron chi connectivity index (χ1n) is 16.4. The fourth-order valence-electron chi connectivity index (χ4n) is 4.31. The molecule has 0 radical (unpaired) electrons. The number of esters is 2. The molecule has 43 heavy (non-hydrogen) atoms. The van der Waals surface area contributed by atoms with Gasteiger partial charge in [0, 0.05) is 17.6 Å². The van der Waals surface area contributed by atoms with Gasteiger partial charge in [0.05, 0.1) is 34.4 Å². The van der Waals surface area contributed by atoms with E-state index in [0.717, 1.165) is 19.3 Å². The minimum atomic E-state index is -4.38. The van der Waals surface area contributed by atoms with Crippen LogP contribution in [-0.2, 0) is 32.7 Å². The van der Waals surface area contributed by atoms with E-state index in [4.69, 9.17) is 18.5 Å². The molecule has 0 saturated carbocycles. The first kappa shape index (κ1) is 41.5. The highest BCUT2D eigenvalue weighted by atomic mass is 31.2. The van der Waals surface area contributed by atoms with E-state index >= 15 is 0 Å². The zero-order chi connectivity index (χ0) is 32.6. The fourth-order valence-corrected chi connectivity index (χ4v) is 5.05. The van der Waals surface area contributed by atoms with Gasteiger partial charge in [-0.1, -0.05) is 116 Å². The van der Waals surface area contributed by atoms with E-state index in [1.807, 2.05) is 21.1 Å². The zero-order valence-corrected chi connectivity index (χ0v) is 28.9. The van der Waals surface area contributed by atoms with E-state index in [1.165, 1.54) is 90.4 Å². The van der Waals surface area contributed by atoms with E-state index in [9.17, 15) is 19.0 Å². The number of likely N-dealkylation sites (N-methyl/N-ethyl adjacent to an activating group) is 1. The van der Waals surface area contributed by atoms with Crippen molar-refractivity contribution in [2.75, 3.05) is 47.5 Å². The van der Waals surface area contributed by atoms with Crippen LogP contribution in [0.2, 0.25) is 0 Å². The second-order valence-corrected chi connectivity index (χ2v) is 14.1. The molecular weight excluding hydrogens is 569 g/mol. The lowest BCUT2D eigenvalue weighted by Gasteiger charge is -2.24. The number of rotatable bonds is 29. The second kappa shape index (κ2) is 24.8. The van der Waals surface area contributed by atoms with Gasteiger partial charge in [-0.05, 0) is 13.3 Å². The van der Waals surface area contributed by atoms with Crippen LogP contribution in [0.4, 0.5) is 0 Å². The zero-order valence-electron chi connectivity index (χ0n) is 28.0. The number of ether oxygens (including phenoxy) is 2. The predicted molar refractivity (Wildman–Crippen MR) is 174 cm³/mol. The van der Waals surface area contributed by atoms with Crippen LogP contribution in [0.5, 0.6) is 0 Å². The molecular formula is C33H63NO8P+. The van der Waals surface area contributed by atoms with Crippen molar-refractivity contribution in [1.29, 1.82) is 0 Å². The van der Waals surface area contributed by atoms with Crippen molar-refractivity contribution >= 4 is 19.8 Å². The number of carbonyl (C=O) groups is 2. The Bertz CT molecular complexity index is 839. The number of carbonyl (C=O) groups excluding carboxylic acids is 2. The van der Waals surface area contributed by atoms with Gasteiger partial charge in [0.15, 0.2) is 0 Å². The lowest BCUT2D eigenvalue weighted by Crippen LogP contribution is -2.37. The molecule has 0 rings (SSSR count). The van der Waals surface area contributed by atoms with Gasteiger partial charge in [0.25, 0.3) is 0 Å². The normalized spacial score (nSPS) is 13.7. The van der Waals surface area contributed by atoms with Crippen molar-refractivity contribution in [3.05, 3.63) is 24.3 Å². The van der Waals surface area contributed by atoms with E-state index in [-0.39, 0.29) is 30.8 Å². The third-order valence-corrected chi connectivity index (χ3v) is 8.04. The summed E-state index contributed by atoms with van der Waals surface area (Å²) >= 11 is 0. The summed E-state index contributed by atoms with van der Waals surface area (Å²) < 4.78 is 33.5. The van der Waals surface area contributed by atoms with Gasteiger partial charge >= 0.3 is 19.8 Å². The quantitative estimate of drug-likeness (QED) is 0.0290. The van der Waals surface area contributed by atoms with Crippen LogP contribution in [0.3, 0.4) is 0 Å². The van der Waals surface area contributed by atoms with E-state index < -0.39 is 32.5 Å².